The smallest absolute Gasteiger partial charge is 0.269 e. The van der Waals surface area contributed by atoms with Crippen LogP contribution in [0.25, 0.3) is 10.9 Å². The minimum atomic E-state index is -0.628. The molecule has 5 rings (SSSR count). The van der Waals surface area contributed by atoms with Crippen molar-refractivity contribution in [1.29, 1.82) is 0 Å². The molecule has 2 amide bonds. The van der Waals surface area contributed by atoms with E-state index in [9.17, 15) is 14.0 Å². The molecular formula is C24H27FN6O2. The molecule has 2 aromatic heterocycles. The molecule has 0 saturated carbocycles. The molecule has 0 bridgehead atoms. The predicted molar refractivity (Wildman–Crippen MR) is 125 cm³/mol. The highest BCUT2D eigenvalue weighted by molar-refractivity contribution is 6.08. The number of rotatable bonds is 4. The van der Waals surface area contributed by atoms with Crippen LogP contribution in [0, 0.1) is 5.95 Å². The summed E-state index contributed by atoms with van der Waals surface area (Å²) in [6.07, 6.45) is 1.98. The van der Waals surface area contributed by atoms with Crippen molar-refractivity contribution in [2.75, 3.05) is 43.4 Å². The van der Waals surface area contributed by atoms with Crippen LogP contribution in [0.4, 0.5) is 15.8 Å². The molecule has 0 unspecified atom stereocenters. The summed E-state index contributed by atoms with van der Waals surface area (Å²) >= 11 is 0. The first-order valence-corrected chi connectivity index (χ1v) is 11.1. The summed E-state index contributed by atoms with van der Waals surface area (Å²) in [6, 6.07) is 9.46. The number of anilines is 2. The van der Waals surface area contributed by atoms with E-state index in [-0.39, 0.29) is 11.6 Å². The molecule has 4 heterocycles. The van der Waals surface area contributed by atoms with Crippen LogP contribution in [-0.4, -0.2) is 59.5 Å². The molecule has 1 fully saturated rings. The predicted octanol–water partition coefficient (Wildman–Crippen LogP) is 2.54. The highest BCUT2D eigenvalue weighted by Crippen LogP contribution is 2.36. The maximum Gasteiger partial charge on any atom is 0.269 e. The van der Waals surface area contributed by atoms with Gasteiger partial charge in [-0.15, -0.1) is 0 Å². The Morgan fingerprint density at radius 3 is 2.64 bits per heavy atom. The van der Waals surface area contributed by atoms with E-state index in [4.69, 9.17) is 0 Å². The molecule has 172 valence electrons. The van der Waals surface area contributed by atoms with Gasteiger partial charge in [0.25, 0.3) is 5.91 Å². The van der Waals surface area contributed by atoms with Crippen LogP contribution in [0.1, 0.15) is 29.9 Å². The van der Waals surface area contributed by atoms with Gasteiger partial charge in [0.15, 0.2) is 0 Å². The van der Waals surface area contributed by atoms with Gasteiger partial charge in [0.05, 0.1) is 16.9 Å². The summed E-state index contributed by atoms with van der Waals surface area (Å²) < 4.78 is 16.6. The van der Waals surface area contributed by atoms with Gasteiger partial charge in [-0.3, -0.25) is 14.5 Å². The summed E-state index contributed by atoms with van der Waals surface area (Å²) in [5, 5.41) is 6.63. The number of carbonyl (C=O) groups is 2. The Bertz CT molecular complexity index is 1260. The van der Waals surface area contributed by atoms with Crippen LogP contribution in [0.5, 0.6) is 0 Å². The number of piperazine rings is 1. The van der Waals surface area contributed by atoms with Gasteiger partial charge in [0.2, 0.25) is 11.9 Å². The maximum atomic E-state index is 14.5. The van der Waals surface area contributed by atoms with E-state index < -0.39 is 17.4 Å². The molecule has 3 aromatic rings. The summed E-state index contributed by atoms with van der Waals surface area (Å²) in [6.45, 7) is 7.44. The lowest BCUT2D eigenvalue weighted by Crippen LogP contribution is -2.46. The van der Waals surface area contributed by atoms with E-state index in [1.54, 1.807) is 12.1 Å². The number of nitrogens with zero attached hydrogens (tertiary/aromatic N) is 4. The first-order chi connectivity index (χ1) is 15.8. The number of hydrogen-bond donors (Lipinski definition) is 2. The number of halogens is 1. The van der Waals surface area contributed by atoms with Crippen molar-refractivity contribution in [1.82, 2.24) is 19.8 Å². The fraction of sp³-hybridized carbons (Fsp3) is 0.375. The van der Waals surface area contributed by atoms with Gasteiger partial charge in [-0.2, -0.15) is 4.39 Å². The monoisotopic (exact) mass is 450 g/mol. The number of carbonyl (C=O) groups excluding carboxylic acids is 2. The number of aromatic nitrogens is 2. The molecule has 0 spiro atoms. The Balaban J connectivity index is 1.29. The molecular weight excluding hydrogens is 423 g/mol. The van der Waals surface area contributed by atoms with Crippen LogP contribution >= 0.6 is 0 Å². The van der Waals surface area contributed by atoms with Gasteiger partial charge in [-0.25, -0.2) is 4.98 Å². The zero-order valence-corrected chi connectivity index (χ0v) is 19.0. The van der Waals surface area contributed by atoms with E-state index in [1.807, 2.05) is 29.5 Å². The lowest BCUT2D eigenvalue weighted by molar-refractivity contribution is -0.123. The second kappa shape index (κ2) is 7.84. The van der Waals surface area contributed by atoms with Gasteiger partial charge in [0.1, 0.15) is 11.2 Å². The van der Waals surface area contributed by atoms with Crippen molar-refractivity contribution in [2.45, 2.75) is 25.9 Å². The van der Waals surface area contributed by atoms with Crippen LogP contribution in [-0.2, 0) is 16.9 Å². The van der Waals surface area contributed by atoms with E-state index in [0.717, 1.165) is 41.8 Å². The van der Waals surface area contributed by atoms with Gasteiger partial charge in [-0.1, -0.05) is 0 Å². The van der Waals surface area contributed by atoms with E-state index in [0.29, 0.717) is 18.8 Å². The number of pyridine rings is 1. The number of amides is 2. The molecule has 0 aliphatic carbocycles. The van der Waals surface area contributed by atoms with E-state index in [2.05, 4.69) is 38.7 Å². The van der Waals surface area contributed by atoms with Crippen molar-refractivity contribution in [2.24, 2.45) is 0 Å². The Labute approximate surface area is 191 Å². The number of hydrogen-bond acceptors (Lipinski definition) is 5. The third-order valence-electron chi connectivity index (χ3n) is 6.66. The SMILES string of the molecule is CNC(=O)c1ccc(N2CCN(Cc3cc4c5c(ccn5C(C)(C)C(=O)N4)c3)CC2)c(F)n1. The third kappa shape index (κ3) is 3.62. The van der Waals surface area contributed by atoms with Gasteiger partial charge < -0.3 is 20.1 Å². The van der Waals surface area contributed by atoms with E-state index >= 15 is 0 Å². The van der Waals surface area contributed by atoms with Crippen LogP contribution in [0.2, 0.25) is 0 Å². The van der Waals surface area contributed by atoms with Gasteiger partial charge in [-0.05, 0) is 49.7 Å². The van der Waals surface area contributed by atoms with Gasteiger partial charge in [0, 0.05) is 51.4 Å². The standard InChI is InChI=1S/C24H27FN6O2/c1-24(2)23(33)28-18-13-15(12-16-6-7-31(24)20(16)18)14-29-8-10-30(11-9-29)19-5-4-17(22(32)26-3)27-21(19)25/h4-7,12-13H,8-11,14H2,1-3H3,(H,26,32)(H,28,33). The van der Waals surface area contributed by atoms with Crippen LogP contribution in [0.15, 0.2) is 36.5 Å². The second-order valence-corrected chi connectivity index (χ2v) is 9.13. The average Bonchev–Trinajstić information content (AvgIpc) is 3.24. The molecule has 1 saturated heterocycles. The largest absolute Gasteiger partial charge is 0.365 e. The molecule has 2 aliphatic rings. The van der Waals surface area contributed by atoms with Crippen molar-refractivity contribution in [3.8, 4) is 0 Å². The number of nitrogens with one attached hydrogen (secondary N) is 2. The molecule has 0 radical (unpaired) electrons. The zero-order valence-electron chi connectivity index (χ0n) is 19.0. The fourth-order valence-corrected chi connectivity index (χ4v) is 4.70. The van der Waals surface area contributed by atoms with E-state index in [1.165, 1.54) is 7.05 Å². The topological polar surface area (TPSA) is 82.5 Å². The molecule has 2 aliphatic heterocycles. The highest BCUT2D eigenvalue weighted by Gasteiger charge is 2.35. The summed E-state index contributed by atoms with van der Waals surface area (Å²) in [5.41, 5.74) is 2.90. The zero-order chi connectivity index (χ0) is 23.3. The first kappa shape index (κ1) is 21.4. The minimum absolute atomic E-state index is 0.0173. The molecule has 9 heteroatoms. The van der Waals surface area contributed by atoms with Crippen molar-refractivity contribution < 1.29 is 14.0 Å². The Kier molecular flexibility index (Phi) is 5.08. The van der Waals surface area contributed by atoms with Crippen molar-refractivity contribution in [3.63, 3.8) is 0 Å². The fourth-order valence-electron chi connectivity index (χ4n) is 4.70. The summed E-state index contributed by atoms with van der Waals surface area (Å²) in [4.78, 5) is 32.3. The summed E-state index contributed by atoms with van der Waals surface area (Å²) in [7, 11) is 1.49. The average molecular weight is 451 g/mol. The number of benzene rings is 1. The lowest BCUT2D eigenvalue weighted by Gasteiger charge is -2.36. The second-order valence-electron chi connectivity index (χ2n) is 9.13. The Morgan fingerprint density at radius 1 is 1.18 bits per heavy atom. The quantitative estimate of drug-likeness (QED) is 0.597. The molecule has 0 atom stereocenters. The summed E-state index contributed by atoms with van der Waals surface area (Å²) in [5.74, 6) is -1.05. The van der Waals surface area contributed by atoms with Crippen LogP contribution < -0.4 is 15.5 Å². The molecule has 1 aromatic carbocycles. The molecule has 8 nitrogen and oxygen atoms in total. The minimum Gasteiger partial charge on any atom is -0.365 e. The maximum absolute atomic E-state index is 14.5. The Hall–Kier alpha value is -3.46. The van der Waals surface area contributed by atoms with Crippen LogP contribution in [0.3, 0.4) is 0 Å². The third-order valence-corrected chi connectivity index (χ3v) is 6.66. The highest BCUT2D eigenvalue weighted by atomic mass is 19.1. The molecule has 33 heavy (non-hydrogen) atoms. The van der Waals surface area contributed by atoms with Gasteiger partial charge >= 0.3 is 0 Å². The van der Waals surface area contributed by atoms with Crippen molar-refractivity contribution >= 4 is 34.1 Å². The first-order valence-electron chi connectivity index (χ1n) is 11.1. The lowest BCUT2D eigenvalue weighted by atomic mass is 9.99. The Morgan fingerprint density at radius 2 is 1.94 bits per heavy atom. The molecule has 2 N–H and O–H groups in total. The normalized spacial score (nSPS) is 17.8. The van der Waals surface area contributed by atoms with Crippen molar-refractivity contribution in [3.05, 3.63) is 53.7 Å².